The predicted octanol–water partition coefficient (Wildman–Crippen LogP) is 3.46. The fourth-order valence-corrected chi connectivity index (χ4v) is 1.23. The predicted molar refractivity (Wildman–Crippen MR) is 58.4 cm³/mol. The molecular weight excluding hydrogens is 158 g/mol. The summed E-state index contributed by atoms with van der Waals surface area (Å²) in [6, 6.07) is 2.02. The first-order valence-corrected chi connectivity index (χ1v) is 4.38. The minimum absolute atomic E-state index is 0.959. The van der Waals surface area contributed by atoms with Crippen LogP contribution in [0.1, 0.15) is 30.7 Å². The number of rotatable bonds is 2. The first kappa shape index (κ1) is 9.72. The summed E-state index contributed by atoms with van der Waals surface area (Å²) in [7, 11) is 0. The van der Waals surface area contributed by atoms with E-state index in [9.17, 15) is 0 Å². The van der Waals surface area contributed by atoms with E-state index in [1.807, 2.05) is 12.3 Å². The first-order valence-electron chi connectivity index (χ1n) is 4.38. The quantitative estimate of drug-likeness (QED) is 0.667. The van der Waals surface area contributed by atoms with E-state index in [4.69, 9.17) is 0 Å². The largest absolute Gasteiger partial charge is 0.256 e. The van der Waals surface area contributed by atoms with Gasteiger partial charge in [-0.2, -0.15) is 0 Å². The van der Waals surface area contributed by atoms with Crippen LogP contribution in [-0.4, -0.2) is 4.98 Å². The number of hydrogen-bond acceptors (Lipinski definition) is 1. The molecule has 13 heavy (non-hydrogen) atoms. The Morgan fingerprint density at radius 1 is 1.46 bits per heavy atom. The second-order valence-corrected chi connectivity index (χ2v) is 3.35. The summed E-state index contributed by atoms with van der Waals surface area (Å²) in [5.41, 5.74) is 4.66. The Bertz CT molecular complexity index is 344. The average Bonchev–Trinajstić information content (AvgIpc) is 2.08. The van der Waals surface area contributed by atoms with Crippen molar-refractivity contribution in [3.05, 3.63) is 41.2 Å². The van der Waals surface area contributed by atoms with E-state index in [1.54, 1.807) is 6.08 Å². The molecule has 0 aliphatic carbocycles. The second kappa shape index (κ2) is 4.04. The maximum atomic E-state index is 4.25. The molecular formula is C12H15N. The van der Waals surface area contributed by atoms with Gasteiger partial charge in [0.25, 0.3) is 0 Å². The minimum atomic E-state index is 0.959. The number of nitrogens with zero attached hydrogens (tertiary/aromatic N) is 1. The second-order valence-electron chi connectivity index (χ2n) is 3.35. The Morgan fingerprint density at radius 3 is 2.69 bits per heavy atom. The summed E-state index contributed by atoms with van der Waals surface area (Å²) >= 11 is 0. The van der Waals surface area contributed by atoms with Crippen LogP contribution in [0.4, 0.5) is 0 Å². The minimum Gasteiger partial charge on any atom is -0.256 e. The van der Waals surface area contributed by atoms with E-state index in [0.717, 1.165) is 5.69 Å². The summed E-state index contributed by atoms with van der Waals surface area (Å²) in [4.78, 5) is 4.25. The van der Waals surface area contributed by atoms with Gasteiger partial charge in [-0.15, -0.1) is 0 Å². The molecule has 1 aromatic rings. The van der Waals surface area contributed by atoms with Crippen LogP contribution in [0.2, 0.25) is 0 Å². The van der Waals surface area contributed by atoms with Crippen LogP contribution < -0.4 is 0 Å². The van der Waals surface area contributed by atoms with E-state index in [-0.39, 0.29) is 0 Å². The Hall–Kier alpha value is -1.37. The van der Waals surface area contributed by atoms with Gasteiger partial charge >= 0.3 is 0 Å². The van der Waals surface area contributed by atoms with E-state index in [1.165, 1.54) is 16.7 Å². The zero-order valence-electron chi connectivity index (χ0n) is 8.46. The highest BCUT2D eigenvalue weighted by molar-refractivity contribution is 5.65. The molecule has 0 amide bonds. The van der Waals surface area contributed by atoms with Crippen LogP contribution in [-0.2, 0) is 0 Å². The number of hydrogen-bond donors (Lipinski definition) is 0. The molecule has 1 rings (SSSR count). The molecule has 0 aromatic carbocycles. The molecule has 68 valence electrons. The van der Waals surface area contributed by atoms with Gasteiger partial charge < -0.3 is 0 Å². The van der Waals surface area contributed by atoms with Gasteiger partial charge in [0, 0.05) is 11.8 Å². The van der Waals surface area contributed by atoms with Crippen LogP contribution in [0, 0.1) is 6.92 Å². The third-order valence-electron chi connectivity index (χ3n) is 1.87. The van der Waals surface area contributed by atoms with Crippen LogP contribution in [0.25, 0.3) is 12.2 Å². The molecule has 0 aliphatic heterocycles. The Kier molecular flexibility index (Phi) is 3.02. The monoisotopic (exact) mass is 173 g/mol. The van der Waals surface area contributed by atoms with Crippen molar-refractivity contribution in [2.24, 2.45) is 0 Å². The van der Waals surface area contributed by atoms with E-state index in [2.05, 4.69) is 38.4 Å². The SMILES string of the molecule is C=Cc1nccc(C)c1C=C(C)C. The lowest BCUT2D eigenvalue weighted by atomic mass is 10.1. The van der Waals surface area contributed by atoms with Crippen molar-refractivity contribution in [3.63, 3.8) is 0 Å². The zero-order chi connectivity index (χ0) is 9.84. The van der Waals surface area contributed by atoms with Gasteiger partial charge in [0.2, 0.25) is 0 Å². The lowest BCUT2D eigenvalue weighted by Gasteiger charge is -2.04. The third-order valence-corrected chi connectivity index (χ3v) is 1.87. The van der Waals surface area contributed by atoms with Crippen molar-refractivity contribution in [1.82, 2.24) is 4.98 Å². The highest BCUT2D eigenvalue weighted by Crippen LogP contribution is 2.16. The van der Waals surface area contributed by atoms with E-state index >= 15 is 0 Å². The number of pyridine rings is 1. The molecule has 1 aromatic heterocycles. The van der Waals surface area contributed by atoms with Crippen LogP contribution in [0.15, 0.2) is 24.4 Å². The van der Waals surface area contributed by atoms with Crippen molar-refractivity contribution < 1.29 is 0 Å². The Balaban J connectivity index is 3.31. The molecule has 0 N–H and O–H groups in total. The van der Waals surface area contributed by atoms with Crippen LogP contribution in [0.3, 0.4) is 0 Å². The fourth-order valence-electron chi connectivity index (χ4n) is 1.23. The Labute approximate surface area is 79.8 Å². The standard InChI is InChI=1S/C12H15N/c1-5-12-11(8-9(2)3)10(4)6-7-13-12/h5-8H,1H2,2-4H3. The molecule has 0 unspecified atom stereocenters. The molecule has 0 saturated carbocycles. The molecule has 0 aliphatic rings. The molecule has 0 atom stereocenters. The highest BCUT2D eigenvalue weighted by atomic mass is 14.7. The molecule has 1 heterocycles. The summed E-state index contributed by atoms with van der Waals surface area (Å²) in [6.45, 7) is 10.0. The fraction of sp³-hybridized carbons (Fsp3) is 0.250. The van der Waals surface area contributed by atoms with Gasteiger partial charge in [-0.1, -0.05) is 18.2 Å². The lowest BCUT2D eigenvalue weighted by Crippen LogP contribution is -1.90. The van der Waals surface area contributed by atoms with Crippen LogP contribution >= 0.6 is 0 Å². The molecule has 1 nitrogen and oxygen atoms in total. The van der Waals surface area contributed by atoms with E-state index < -0.39 is 0 Å². The number of allylic oxidation sites excluding steroid dienone is 1. The van der Waals surface area contributed by atoms with Crippen molar-refractivity contribution in [2.45, 2.75) is 20.8 Å². The van der Waals surface area contributed by atoms with Crippen molar-refractivity contribution in [3.8, 4) is 0 Å². The van der Waals surface area contributed by atoms with Crippen molar-refractivity contribution in [1.29, 1.82) is 0 Å². The van der Waals surface area contributed by atoms with Gasteiger partial charge in [-0.3, -0.25) is 4.98 Å². The van der Waals surface area contributed by atoms with Gasteiger partial charge in [0.05, 0.1) is 5.69 Å². The van der Waals surface area contributed by atoms with Gasteiger partial charge in [-0.25, -0.2) is 0 Å². The van der Waals surface area contributed by atoms with Crippen molar-refractivity contribution in [2.75, 3.05) is 0 Å². The van der Waals surface area contributed by atoms with Crippen LogP contribution in [0.5, 0.6) is 0 Å². The maximum Gasteiger partial charge on any atom is 0.0698 e. The topological polar surface area (TPSA) is 12.9 Å². The number of aryl methyl sites for hydroxylation is 1. The summed E-state index contributed by atoms with van der Waals surface area (Å²) in [5, 5.41) is 0. The summed E-state index contributed by atoms with van der Waals surface area (Å²) < 4.78 is 0. The molecule has 1 heteroatoms. The normalized spacial score (nSPS) is 9.46. The highest BCUT2D eigenvalue weighted by Gasteiger charge is 2.00. The Morgan fingerprint density at radius 2 is 2.15 bits per heavy atom. The number of aromatic nitrogens is 1. The molecule has 0 bridgehead atoms. The van der Waals surface area contributed by atoms with Gasteiger partial charge in [-0.05, 0) is 38.5 Å². The summed E-state index contributed by atoms with van der Waals surface area (Å²) in [6.07, 6.45) is 5.75. The maximum absolute atomic E-state index is 4.25. The molecule has 0 saturated heterocycles. The zero-order valence-corrected chi connectivity index (χ0v) is 8.46. The molecule has 0 fully saturated rings. The smallest absolute Gasteiger partial charge is 0.0698 e. The lowest BCUT2D eigenvalue weighted by molar-refractivity contribution is 1.24. The van der Waals surface area contributed by atoms with Gasteiger partial charge in [0.1, 0.15) is 0 Å². The first-order chi connectivity index (χ1) is 6.15. The average molecular weight is 173 g/mol. The third kappa shape index (κ3) is 2.28. The summed E-state index contributed by atoms with van der Waals surface area (Å²) in [5.74, 6) is 0. The van der Waals surface area contributed by atoms with E-state index in [0.29, 0.717) is 0 Å². The molecule has 0 radical (unpaired) electrons. The van der Waals surface area contributed by atoms with Gasteiger partial charge in [0.15, 0.2) is 0 Å². The van der Waals surface area contributed by atoms with Crippen molar-refractivity contribution >= 4 is 12.2 Å². The molecule has 0 spiro atoms.